The van der Waals surface area contributed by atoms with Crippen LogP contribution >= 0.6 is 0 Å². The van der Waals surface area contributed by atoms with Gasteiger partial charge in [0.1, 0.15) is 0 Å². The van der Waals surface area contributed by atoms with Crippen LogP contribution in [-0.4, -0.2) is 59.1 Å². The molecule has 0 aromatic carbocycles. The number of carboxylic acids is 2. The summed E-state index contributed by atoms with van der Waals surface area (Å²) in [4.78, 5) is 19.6. The van der Waals surface area contributed by atoms with E-state index in [1.54, 1.807) is 0 Å². The first-order chi connectivity index (χ1) is 15.7. The van der Waals surface area contributed by atoms with Crippen LogP contribution in [0, 0.1) is 29.6 Å². The number of carboxylic acid groups (broad SMARTS) is 2. The quantitative estimate of drug-likeness (QED) is 0.0848. The summed E-state index contributed by atoms with van der Waals surface area (Å²) in [7, 11) is -11.7. The Balaban J connectivity index is -0.000000196. The molecule has 1 aliphatic carbocycles. The van der Waals surface area contributed by atoms with Gasteiger partial charge in [0.05, 0.1) is 0 Å². The maximum Gasteiger partial charge on any atom is 0.522 e. The Kier molecular flexibility index (Phi) is 19.7. The number of alkyl halides is 6. The van der Waals surface area contributed by atoms with Crippen molar-refractivity contribution in [3.05, 3.63) is 53.9 Å². The monoisotopic (exact) mass is 680 g/mol. The number of halogens is 6. The Bertz CT molecular complexity index is 867. The van der Waals surface area contributed by atoms with Crippen LogP contribution in [-0.2, 0) is 49.3 Å². The van der Waals surface area contributed by atoms with Crippen LogP contribution in [0.4, 0.5) is 26.3 Å². The average Bonchev–Trinajstić information content (AvgIpc) is 2.81. The average molecular weight is 680 g/mol. The molecule has 0 spiro atoms. The van der Waals surface area contributed by atoms with Gasteiger partial charge in [-0.1, -0.05) is 46.8 Å². The smallest absolute Gasteiger partial charge is 0.478 e. The molecule has 6 radical (unpaired) electrons. The second-order valence-electron chi connectivity index (χ2n) is 6.36. The molecular formula is C18H23F6O10RhS2. The van der Waals surface area contributed by atoms with E-state index in [-0.39, 0.29) is 19.5 Å². The predicted molar refractivity (Wildman–Crippen MR) is 113 cm³/mol. The largest absolute Gasteiger partial charge is 0.522 e. The van der Waals surface area contributed by atoms with E-state index in [1.807, 2.05) is 0 Å². The van der Waals surface area contributed by atoms with Crippen LogP contribution in [0.5, 0.6) is 0 Å². The third-order valence-electron chi connectivity index (χ3n) is 3.99. The summed E-state index contributed by atoms with van der Waals surface area (Å²) < 4.78 is 115. The van der Waals surface area contributed by atoms with E-state index in [9.17, 15) is 35.9 Å². The molecule has 218 valence electrons. The Morgan fingerprint density at radius 3 is 0.811 bits per heavy atom. The van der Waals surface area contributed by atoms with Gasteiger partial charge in [0.2, 0.25) is 0 Å². The number of aliphatic carboxylic acids is 2. The van der Waals surface area contributed by atoms with E-state index in [0.29, 0.717) is 0 Å². The van der Waals surface area contributed by atoms with Crippen molar-refractivity contribution in [3.63, 3.8) is 0 Å². The number of hydrogen-bond acceptors (Lipinski definition) is 6. The van der Waals surface area contributed by atoms with Gasteiger partial charge in [-0.3, -0.25) is 9.11 Å². The minimum Gasteiger partial charge on any atom is -0.478 e. The van der Waals surface area contributed by atoms with Crippen LogP contribution < -0.4 is 0 Å². The minimum absolute atomic E-state index is 0. The van der Waals surface area contributed by atoms with E-state index in [0.717, 1.165) is 24.3 Å². The Labute approximate surface area is 223 Å². The molecule has 0 atom stereocenters. The zero-order chi connectivity index (χ0) is 29.9. The fraction of sp³-hybridized carbons (Fsp3) is 0.389. The van der Waals surface area contributed by atoms with Crippen molar-refractivity contribution in [2.75, 3.05) is 0 Å². The first-order valence-electron chi connectivity index (χ1n) is 8.76. The molecule has 37 heavy (non-hydrogen) atoms. The molecule has 0 bridgehead atoms. The molecule has 0 saturated heterocycles. The summed E-state index contributed by atoms with van der Waals surface area (Å²) in [5.41, 5.74) is -11.1. The molecule has 0 amide bonds. The van der Waals surface area contributed by atoms with Crippen molar-refractivity contribution >= 4 is 32.2 Å². The molecule has 1 rings (SSSR count). The fourth-order valence-electron chi connectivity index (χ4n) is 1.68. The van der Waals surface area contributed by atoms with Crippen molar-refractivity contribution in [3.8, 4) is 0 Å². The van der Waals surface area contributed by atoms with Gasteiger partial charge in [0, 0.05) is 31.6 Å². The van der Waals surface area contributed by atoms with E-state index in [1.165, 1.54) is 29.6 Å². The van der Waals surface area contributed by atoms with E-state index in [4.69, 9.17) is 36.2 Å². The van der Waals surface area contributed by atoms with Crippen molar-refractivity contribution in [1.82, 2.24) is 0 Å². The molecule has 1 aliphatic rings. The second kappa shape index (κ2) is 17.1. The normalized spacial score (nSPS) is 16.7. The fourth-order valence-corrected chi connectivity index (χ4v) is 1.68. The van der Waals surface area contributed by atoms with Gasteiger partial charge in [-0.2, -0.15) is 43.2 Å². The Hall–Kier alpha value is -1.56. The first kappa shape index (κ1) is 42.5. The standard InChI is InChI=1S/C10H15.C6H6O4.2CHF3O3S.Rh/c1-6-7(2)9(4)10(5)8(6)3;7-5(8)3-1-2-4-6(9)10;2*2-1(3,4)8(5,6)7;/h1-5H3;1-4H,(H,7,8)(H,9,10);2*(H,5,6,7);/b;3-1+,4-2+;;;. The summed E-state index contributed by atoms with van der Waals surface area (Å²) in [6.07, 6.45) is 3.96. The second-order valence-corrected chi connectivity index (χ2v) is 9.19. The molecular weight excluding hydrogens is 657 g/mol. The summed E-state index contributed by atoms with van der Waals surface area (Å²) in [6, 6.07) is 0. The van der Waals surface area contributed by atoms with Gasteiger partial charge in [-0.25, -0.2) is 9.59 Å². The predicted octanol–water partition coefficient (Wildman–Crippen LogP) is 4.03. The Morgan fingerprint density at radius 1 is 0.595 bits per heavy atom. The van der Waals surface area contributed by atoms with Crippen LogP contribution in [0.15, 0.2) is 24.3 Å². The summed E-state index contributed by atoms with van der Waals surface area (Å²) in [5.74, 6) is 5.13. The van der Waals surface area contributed by atoms with Gasteiger partial charge in [0.25, 0.3) is 0 Å². The van der Waals surface area contributed by atoms with Crippen LogP contribution in [0.3, 0.4) is 0 Å². The van der Waals surface area contributed by atoms with Gasteiger partial charge in [-0.15, -0.1) is 0 Å². The first-order valence-corrected chi connectivity index (χ1v) is 11.6. The molecule has 0 aromatic heterocycles. The maximum atomic E-state index is 10.7. The number of rotatable bonds is 3. The van der Waals surface area contributed by atoms with E-state index >= 15 is 0 Å². The van der Waals surface area contributed by atoms with Crippen LogP contribution in [0.2, 0.25) is 0 Å². The van der Waals surface area contributed by atoms with Crippen molar-refractivity contribution in [2.45, 2.75) is 45.6 Å². The molecule has 4 N–H and O–H groups in total. The molecule has 0 heterocycles. The van der Waals surface area contributed by atoms with Crippen LogP contribution in [0.25, 0.3) is 0 Å². The molecule has 1 fully saturated rings. The van der Waals surface area contributed by atoms with Crippen LogP contribution in [0.1, 0.15) is 34.6 Å². The minimum atomic E-state index is -5.84. The number of allylic oxidation sites excluding steroid dienone is 2. The molecule has 0 unspecified atom stereocenters. The van der Waals surface area contributed by atoms with Crippen molar-refractivity contribution < 1.29 is 91.6 Å². The van der Waals surface area contributed by atoms with Gasteiger partial charge in [0.15, 0.2) is 0 Å². The van der Waals surface area contributed by atoms with Crippen molar-refractivity contribution in [2.24, 2.45) is 0 Å². The Morgan fingerprint density at radius 2 is 0.730 bits per heavy atom. The summed E-state index contributed by atoms with van der Waals surface area (Å²) in [6.45, 7) is 11.0. The zero-order valence-electron chi connectivity index (χ0n) is 19.5. The summed E-state index contributed by atoms with van der Waals surface area (Å²) in [5, 5.41) is 16.0. The maximum absolute atomic E-state index is 10.7. The molecule has 19 heteroatoms. The number of carbonyl (C=O) groups is 2. The van der Waals surface area contributed by atoms with Gasteiger partial charge < -0.3 is 10.2 Å². The van der Waals surface area contributed by atoms with E-state index < -0.39 is 43.2 Å². The molecule has 1 saturated carbocycles. The third-order valence-corrected chi connectivity index (χ3v) is 5.16. The van der Waals surface area contributed by atoms with Gasteiger partial charge in [-0.05, 0) is 29.6 Å². The molecule has 0 aromatic rings. The topological polar surface area (TPSA) is 183 Å². The zero-order valence-corrected chi connectivity index (χ0v) is 22.7. The molecule has 0 aliphatic heterocycles. The SMILES string of the molecule is C[C]1[C](C)[C](C)[C](C)[C]1C.O=C(O)/C=C/C=C/C(=O)O.O=S(=O)(O)C(F)(F)F.O=S(=O)(O)C(F)(F)F.[Rh]. The van der Waals surface area contributed by atoms with Crippen molar-refractivity contribution in [1.29, 1.82) is 0 Å². The third kappa shape index (κ3) is 19.2. The van der Waals surface area contributed by atoms with E-state index in [2.05, 4.69) is 34.6 Å². The van der Waals surface area contributed by atoms with Gasteiger partial charge >= 0.3 is 43.2 Å². The summed E-state index contributed by atoms with van der Waals surface area (Å²) >= 11 is 0. The molecule has 10 nitrogen and oxygen atoms in total. The number of hydrogen-bond donors (Lipinski definition) is 4.